The van der Waals surface area contributed by atoms with Crippen molar-refractivity contribution in [1.82, 2.24) is 9.88 Å². The zero-order valence-electron chi connectivity index (χ0n) is 6.65. The molecule has 0 aliphatic heterocycles. The van der Waals surface area contributed by atoms with Crippen molar-refractivity contribution >= 4 is 12.0 Å². The fraction of sp³-hybridized carbons (Fsp3) is 0.250. The monoisotopic (exact) mass is 148 g/mol. The summed E-state index contributed by atoms with van der Waals surface area (Å²) in [7, 11) is 3.84. The molecule has 0 amide bonds. The number of nitrogens with zero attached hydrogens (tertiary/aromatic N) is 3. The van der Waals surface area contributed by atoms with E-state index in [-0.39, 0.29) is 0 Å². The van der Waals surface area contributed by atoms with Crippen LogP contribution in [0.5, 0.6) is 0 Å². The van der Waals surface area contributed by atoms with Crippen molar-refractivity contribution in [2.75, 3.05) is 14.1 Å². The number of aliphatic imine (C=N–C) groups is 1. The molecule has 57 valence electrons. The van der Waals surface area contributed by atoms with Crippen molar-refractivity contribution in [3.05, 3.63) is 24.5 Å². The van der Waals surface area contributed by atoms with Gasteiger partial charge in [0, 0.05) is 32.6 Å². The highest BCUT2D eigenvalue weighted by atomic mass is 15.1. The molecule has 0 saturated carbocycles. The molecule has 1 rings (SSSR count). The molecule has 0 aliphatic carbocycles. The van der Waals surface area contributed by atoms with Gasteiger partial charge in [-0.15, -0.1) is 0 Å². The Morgan fingerprint density at radius 3 is 3.00 bits per heavy atom. The third-order valence-electron chi connectivity index (χ3n) is 1.03. The summed E-state index contributed by atoms with van der Waals surface area (Å²) >= 11 is 0. The zero-order valence-corrected chi connectivity index (χ0v) is 6.65. The van der Waals surface area contributed by atoms with Crippen LogP contribution < -0.4 is 0 Å². The average molecular weight is 148 g/mol. The first-order valence-electron chi connectivity index (χ1n) is 3.31. The molecule has 3 heteroatoms. The number of hydrogen-bond donors (Lipinski definition) is 0. The lowest BCUT2D eigenvalue weighted by molar-refractivity contribution is 0.643. The first-order valence-corrected chi connectivity index (χ1v) is 3.31. The van der Waals surface area contributed by atoms with E-state index in [9.17, 15) is 0 Å². The van der Waals surface area contributed by atoms with Gasteiger partial charge in [-0.3, -0.25) is 4.98 Å². The molecule has 0 N–H and O–H groups in total. The largest absolute Gasteiger partial charge is 0.369 e. The molecule has 0 aliphatic rings. The lowest BCUT2D eigenvalue weighted by Gasteiger charge is -2.00. The number of rotatable bonds is 2. The first-order chi connectivity index (χ1) is 5.29. The molecule has 0 spiro atoms. The molecule has 1 aromatic rings. The Morgan fingerprint density at radius 1 is 1.64 bits per heavy atom. The van der Waals surface area contributed by atoms with E-state index in [1.165, 1.54) is 0 Å². The Hall–Kier alpha value is -1.38. The topological polar surface area (TPSA) is 28.5 Å². The second kappa shape index (κ2) is 3.71. The quantitative estimate of drug-likeness (QED) is 0.464. The Labute approximate surface area is 66.4 Å². The molecule has 0 fully saturated rings. The molecule has 0 atom stereocenters. The van der Waals surface area contributed by atoms with E-state index in [2.05, 4.69) is 16.0 Å². The van der Waals surface area contributed by atoms with Crippen LogP contribution in [-0.2, 0) is 0 Å². The summed E-state index contributed by atoms with van der Waals surface area (Å²) in [4.78, 5) is 9.81. The van der Waals surface area contributed by atoms with E-state index >= 15 is 0 Å². The first kappa shape index (κ1) is 7.72. The van der Waals surface area contributed by atoms with Crippen molar-refractivity contribution in [2.24, 2.45) is 4.99 Å². The lowest BCUT2D eigenvalue weighted by Crippen LogP contribution is -2.06. The predicted molar refractivity (Wildman–Crippen MR) is 44.9 cm³/mol. The molecule has 1 radical (unpaired) electrons. The Balaban J connectivity index is 2.65. The highest BCUT2D eigenvalue weighted by molar-refractivity contribution is 5.59. The highest BCUT2D eigenvalue weighted by Gasteiger charge is 1.84. The minimum absolute atomic E-state index is 0.800. The maximum absolute atomic E-state index is 4.11. The van der Waals surface area contributed by atoms with Crippen molar-refractivity contribution < 1.29 is 0 Å². The van der Waals surface area contributed by atoms with E-state index in [0.29, 0.717) is 0 Å². The van der Waals surface area contributed by atoms with Crippen LogP contribution >= 0.6 is 0 Å². The normalized spacial score (nSPS) is 10.4. The van der Waals surface area contributed by atoms with Gasteiger partial charge in [-0.1, -0.05) is 0 Å². The Kier molecular flexibility index (Phi) is 2.60. The molecule has 11 heavy (non-hydrogen) atoms. The van der Waals surface area contributed by atoms with Crippen LogP contribution in [0.2, 0.25) is 0 Å². The summed E-state index contributed by atoms with van der Waals surface area (Å²) in [6, 6.07) is 4.69. The maximum Gasteiger partial charge on any atom is 0.0907 e. The molecule has 0 bridgehead atoms. The van der Waals surface area contributed by atoms with Gasteiger partial charge in [0.05, 0.1) is 12.0 Å². The minimum Gasteiger partial charge on any atom is -0.369 e. The van der Waals surface area contributed by atoms with E-state index in [0.717, 1.165) is 5.69 Å². The fourth-order valence-corrected chi connectivity index (χ4v) is 0.566. The second-order valence-electron chi connectivity index (χ2n) is 2.33. The zero-order chi connectivity index (χ0) is 8.10. The Bertz CT molecular complexity index is 228. The molecule has 1 aromatic heterocycles. The van der Waals surface area contributed by atoms with Gasteiger partial charge in [-0.2, -0.15) is 0 Å². The van der Waals surface area contributed by atoms with Crippen LogP contribution in [0.25, 0.3) is 0 Å². The molecular formula is C8H10N3. The summed E-state index contributed by atoms with van der Waals surface area (Å²) < 4.78 is 0. The minimum atomic E-state index is 0.800. The average Bonchev–Trinajstić information content (AvgIpc) is 2.03. The smallest absolute Gasteiger partial charge is 0.0907 e. The van der Waals surface area contributed by atoms with Crippen molar-refractivity contribution in [1.29, 1.82) is 0 Å². The number of hydrogen-bond acceptors (Lipinski definition) is 2. The van der Waals surface area contributed by atoms with Crippen molar-refractivity contribution in [3.63, 3.8) is 0 Å². The highest BCUT2D eigenvalue weighted by Crippen LogP contribution is 2.05. The Morgan fingerprint density at radius 2 is 2.45 bits per heavy atom. The predicted octanol–water partition coefficient (Wildman–Crippen LogP) is 1.10. The molecule has 0 unspecified atom stereocenters. The van der Waals surface area contributed by atoms with Crippen LogP contribution in [-0.4, -0.2) is 30.3 Å². The van der Waals surface area contributed by atoms with Crippen LogP contribution in [0.3, 0.4) is 0 Å². The fourth-order valence-electron chi connectivity index (χ4n) is 0.566. The summed E-state index contributed by atoms with van der Waals surface area (Å²) in [5, 5.41) is 0. The molecule has 3 nitrogen and oxygen atoms in total. The van der Waals surface area contributed by atoms with Crippen LogP contribution in [0.15, 0.2) is 23.5 Å². The van der Waals surface area contributed by atoms with E-state index in [1.807, 2.05) is 19.0 Å². The van der Waals surface area contributed by atoms with Gasteiger partial charge in [0.2, 0.25) is 0 Å². The van der Waals surface area contributed by atoms with E-state index < -0.39 is 0 Å². The van der Waals surface area contributed by atoms with Crippen LogP contribution in [0, 0.1) is 6.07 Å². The molecule has 0 saturated heterocycles. The summed E-state index contributed by atoms with van der Waals surface area (Å²) in [6.45, 7) is 0. The van der Waals surface area contributed by atoms with Crippen molar-refractivity contribution in [3.8, 4) is 0 Å². The maximum atomic E-state index is 4.11. The SMILES string of the molecule is CN(C)/C=N/c1[c]cncc1. The third-order valence-corrected chi connectivity index (χ3v) is 1.03. The van der Waals surface area contributed by atoms with Crippen molar-refractivity contribution in [2.45, 2.75) is 0 Å². The van der Waals surface area contributed by atoms with Gasteiger partial charge in [-0.25, -0.2) is 4.99 Å². The van der Waals surface area contributed by atoms with E-state index in [4.69, 9.17) is 0 Å². The lowest BCUT2D eigenvalue weighted by atomic mass is 10.4. The van der Waals surface area contributed by atoms with Gasteiger partial charge in [0.25, 0.3) is 0 Å². The summed E-state index contributed by atoms with van der Waals surface area (Å²) in [5.74, 6) is 0. The summed E-state index contributed by atoms with van der Waals surface area (Å²) in [6.07, 6.45) is 5.02. The van der Waals surface area contributed by atoms with Crippen LogP contribution in [0.4, 0.5) is 5.69 Å². The molecular weight excluding hydrogens is 138 g/mol. The second-order valence-corrected chi connectivity index (χ2v) is 2.33. The standard InChI is InChI=1S/C8H10N3/c1-11(2)7-10-8-3-5-9-6-4-8/h3,5-7H,1-2H3/b10-7+. The van der Waals surface area contributed by atoms with E-state index in [1.54, 1.807) is 24.8 Å². The third kappa shape index (κ3) is 2.80. The van der Waals surface area contributed by atoms with Gasteiger partial charge in [-0.05, 0) is 6.07 Å². The van der Waals surface area contributed by atoms with Gasteiger partial charge in [0.15, 0.2) is 0 Å². The van der Waals surface area contributed by atoms with Crippen LogP contribution in [0.1, 0.15) is 0 Å². The van der Waals surface area contributed by atoms with Gasteiger partial charge in [0.1, 0.15) is 0 Å². The van der Waals surface area contributed by atoms with Gasteiger partial charge < -0.3 is 4.90 Å². The summed E-state index contributed by atoms with van der Waals surface area (Å²) in [5.41, 5.74) is 0.800. The number of pyridine rings is 1. The molecule has 1 heterocycles. The van der Waals surface area contributed by atoms with Gasteiger partial charge >= 0.3 is 0 Å². The number of aromatic nitrogens is 1. The molecule has 0 aromatic carbocycles.